The third-order valence-electron chi connectivity index (χ3n) is 4.12. The first kappa shape index (κ1) is 22.8. The van der Waals surface area contributed by atoms with Gasteiger partial charge in [-0.2, -0.15) is 0 Å². The second-order valence-electron chi connectivity index (χ2n) is 6.92. The minimum absolute atomic E-state index is 1.12. The molecular weight excluding hydrogens is 286 g/mol. The molecule has 0 radical (unpaired) electrons. The van der Waals surface area contributed by atoms with E-state index in [4.69, 9.17) is 0 Å². The van der Waals surface area contributed by atoms with Gasteiger partial charge in [-0.3, -0.25) is 4.90 Å². The molecule has 0 rings (SSSR count). The Kier molecular flexibility index (Phi) is 16.5. The van der Waals surface area contributed by atoms with Crippen LogP contribution in [0.25, 0.3) is 0 Å². The lowest BCUT2D eigenvalue weighted by Crippen LogP contribution is -2.85. The quantitative estimate of drug-likeness (QED) is 0.372. The van der Waals surface area contributed by atoms with Crippen LogP contribution in [0.1, 0.15) is 33.1 Å². The molecule has 140 valence electrons. The first-order valence-electron chi connectivity index (χ1n) is 9.68. The van der Waals surface area contributed by atoms with E-state index in [1.165, 1.54) is 71.6 Å². The van der Waals surface area contributed by atoms with Crippen LogP contribution < -0.4 is 10.6 Å². The van der Waals surface area contributed by atoms with Gasteiger partial charge in [0.05, 0.1) is 13.1 Å². The van der Waals surface area contributed by atoms with Gasteiger partial charge in [0, 0.05) is 32.7 Å². The zero-order valence-corrected chi connectivity index (χ0v) is 16.6. The summed E-state index contributed by atoms with van der Waals surface area (Å²) < 4.78 is 0. The maximum atomic E-state index is 3.53. The molecule has 5 heteroatoms. The number of nitrogens with two attached hydrogens (primary N) is 1. The van der Waals surface area contributed by atoms with Gasteiger partial charge in [0.15, 0.2) is 0 Å². The van der Waals surface area contributed by atoms with E-state index in [9.17, 15) is 0 Å². The molecule has 0 saturated heterocycles. The van der Waals surface area contributed by atoms with Crippen LogP contribution in [0.5, 0.6) is 0 Å². The molecule has 0 saturated carbocycles. The van der Waals surface area contributed by atoms with Gasteiger partial charge in [-0.05, 0) is 60.0 Å². The van der Waals surface area contributed by atoms with Crippen molar-refractivity contribution in [3.63, 3.8) is 0 Å². The zero-order valence-electron chi connectivity index (χ0n) is 16.6. The number of hydrogen-bond donors (Lipinski definition) is 2. The van der Waals surface area contributed by atoms with Gasteiger partial charge in [0.1, 0.15) is 0 Å². The predicted molar refractivity (Wildman–Crippen MR) is 102 cm³/mol. The van der Waals surface area contributed by atoms with Crippen molar-refractivity contribution in [3.05, 3.63) is 0 Å². The Bertz CT molecular complexity index is 223. The van der Waals surface area contributed by atoms with Crippen LogP contribution in [0.2, 0.25) is 0 Å². The Hall–Kier alpha value is -0.200. The lowest BCUT2D eigenvalue weighted by molar-refractivity contribution is -0.654. The van der Waals surface area contributed by atoms with E-state index >= 15 is 0 Å². The molecule has 3 N–H and O–H groups in total. The van der Waals surface area contributed by atoms with E-state index < -0.39 is 0 Å². The minimum Gasteiger partial charge on any atom is -0.345 e. The average Bonchev–Trinajstić information content (AvgIpc) is 2.52. The predicted octanol–water partition coefficient (Wildman–Crippen LogP) is 0.145. The number of nitrogens with zero attached hydrogens (tertiary/aromatic N) is 3. The van der Waals surface area contributed by atoms with E-state index in [0.717, 1.165) is 13.1 Å². The fourth-order valence-corrected chi connectivity index (χ4v) is 2.58. The lowest BCUT2D eigenvalue weighted by Gasteiger charge is -2.25. The van der Waals surface area contributed by atoms with Gasteiger partial charge < -0.3 is 20.4 Å². The summed E-state index contributed by atoms with van der Waals surface area (Å²) in [5.41, 5.74) is 0. The van der Waals surface area contributed by atoms with Gasteiger partial charge in [0.25, 0.3) is 0 Å². The normalized spacial score (nSPS) is 12.0. The molecule has 0 amide bonds. The highest BCUT2D eigenvalue weighted by atomic mass is 15.2. The van der Waals surface area contributed by atoms with E-state index in [-0.39, 0.29) is 0 Å². The van der Waals surface area contributed by atoms with Crippen LogP contribution in [0.15, 0.2) is 0 Å². The summed E-state index contributed by atoms with van der Waals surface area (Å²) in [6.45, 7) is 16.3. The van der Waals surface area contributed by atoms with Crippen LogP contribution >= 0.6 is 0 Å². The summed E-state index contributed by atoms with van der Waals surface area (Å²) in [7, 11) is 6.56. The minimum atomic E-state index is 1.12. The molecule has 0 aromatic heterocycles. The van der Waals surface area contributed by atoms with Gasteiger partial charge in [-0.15, -0.1) is 0 Å². The number of quaternary nitrogens is 1. The molecule has 23 heavy (non-hydrogen) atoms. The molecule has 0 aromatic rings. The largest absolute Gasteiger partial charge is 0.345 e. The number of likely N-dealkylation sites (N-methyl/N-ethyl adjacent to an activating group) is 1. The van der Waals surface area contributed by atoms with Crippen molar-refractivity contribution >= 4 is 0 Å². The Labute approximate surface area is 145 Å². The van der Waals surface area contributed by atoms with E-state index in [0.29, 0.717) is 0 Å². The molecule has 5 nitrogen and oxygen atoms in total. The van der Waals surface area contributed by atoms with Crippen LogP contribution in [0.4, 0.5) is 0 Å². The maximum absolute atomic E-state index is 3.53. The Morgan fingerprint density at radius 2 is 1.52 bits per heavy atom. The number of nitrogens with one attached hydrogen (secondary N) is 1. The monoisotopic (exact) mass is 330 g/mol. The third-order valence-corrected chi connectivity index (χ3v) is 4.12. The molecule has 0 aromatic carbocycles. The molecular formula is C18H44N5+. The highest BCUT2D eigenvalue weighted by molar-refractivity contribution is 4.63. The van der Waals surface area contributed by atoms with E-state index in [1.807, 2.05) is 0 Å². The maximum Gasteiger partial charge on any atom is 0.0884 e. The molecule has 0 fully saturated rings. The molecule has 0 bridgehead atoms. The van der Waals surface area contributed by atoms with Crippen molar-refractivity contribution in [2.75, 3.05) is 86.6 Å². The highest BCUT2D eigenvalue weighted by Gasteiger charge is 2.07. The van der Waals surface area contributed by atoms with Crippen molar-refractivity contribution in [2.24, 2.45) is 0 Å². The second kappa shape index (κ2) is 16.7. The van der Waals surface area contributed by atoms with Gasteiger partial charge in [0.2, 0.25) is 0 Å². The van der Waals surface area contributed by atoms with Crippen LogP contribution in [0, 0.1) is 0 Å². The topological polar surface area (TPSA) is 38.4 Å². The Balaban J connectivity index is 3.91. The second-order valence-corrected chi connectivity index (χ2v) is 6.92. The van der Waals surface area contributed by atoms with Crippen molar-refractivity contribution < 1.29 is 5.32 Å². The summed E-state index contributed by atoms with van der Waals surface area (Å²) in [5.74, 6) is 0. The SMILES string of the molecule is CCCNCCN(CC[NH2+]CCC)CCN(C)CCCN(C)C. The molecule has 0 aliphatic carbocycles. The van der Waals surface area contributed by atoms with Crippen molar-refractivity contribution in [2.45, 2.75) is 33.1 Å². The molecule has 0 aliphatic heterocycles. The third kappa shape index (κ3) is 16.4. The van der Waals surface area contributed by atoms with Crippen LogP contribution in [-0.2, 0) is 0 Å². The molecule has 0 atom stereocenters. The number of rotatable bonds is 17. The Morgan fingerprint density at radius 1 is 0.739 bits per heavy atom. The zero-order chi connectivity index (χ0) is 17.3. The van der Waals surface area contributed by atoms with Crippen LogP contribution in [0.3, 0.4) is 0 Å². The van der Waals surface area contributed by atoms with Crippen LogP contribution in [-0.4, -0.2) is 101 Å². The molecule has 0 spiro atoms. The van der Waals surface area contributed by atoms with E-state index in [2.05, 4.69) is 60.3 Å². The Morgan fingerprint density at radius 3 is 2.17 bits per heavy atom. The van der Waals surface area contributed by atoms with Crippen molar-refractivity contribution in [3.8, 4) is 0 Å². The fraction of sp³-hybridized carbons (Fsp3) is 1.00. The number of hydrogen-bond acceptors (Lipinski definition) is 4. The smallest absolute Gasteiger partial charge is 0.0884 e. The summed E-state index contributed by atoms with van der Waals surface area (Å²) in [4.78, 5) is 7.37. The van der Waals surface area contributed by atoms with Crippen molar-refractivity contribution in [1.82, 2.24) is 20.0 Å². The summed E-state index contributed by atoms with van der Waals surface area (Å²) in [5, 5.41) is 5.98. The standard InChI is InChI=1S/C18H43N5/c1-6-9-19-11-15-23(16-12-20-10-7-2)18-17-22(5)14-8-13-21(3)4/h19-20H,6-18H2,1-5H3/p+1. The highest BCUT2D eigenvalue weighted by Crippen LogP contribution is 1.93. The van der Waals surface area contributed by atoms with E-state index in [1.54, 1.807) is 0 Å². The average molecular weight is 331 g/mol. The molecule has 0 aliphatic rings. The first-order chi connectivity index (χ1) is 11.1. The molecule has 0 unspecified atom stereocenters. The summed E-state index contributed by atoms with van der Waals surface area (Å²) in [6, 6.07) is 0. The van der Waals surface area contributed by atoms with Crippen molar-refractivity contribution in [1.29, 1.82) is 0 Å². The molecule has 0 heterocycles. The summed E-state index contributed by atoms with van der Waals surface area (Å²) >= 11 is 0. The van der Waals surface area contributed by atoms with Gasteiger partial charge in [-0.1, -0.05) is 13.8 Å². The lowest BCUT2D eigenvalue weighted by atomic mass is 10.3. The van der Waals surface area contributed by atoms with Gasteiger partial charge >= 0.3 is 0 Å². The first-order valence-corrected chi connectivity index (χ1v) is 9.68. The fourth-order valence-electron chi connectivity index (χ4n) is 2.58. The van der Waals surface area contributed by atoms with Gasteiger partial charge in [-0.25, -0.2) is 0 Å². The summed E-state index contributed by atoms with van der Waals surface area (Å²) in [6.07, 6.45) is 3.75.